The quantitative estimate of drug-likeness (QED) is 0.662. The molecule has 0 aliphatic carbocycles. The summed E-state index contributed by atoms with van der Waals surface area (Å²) in [5.41, 5.74) is 0.573. The molecule has 0 radical (unpaired) electrons. The predicted octanol–water partition coefficient (Wildman–Crippen LogP) is 2.11. The molecule has 19 heavy (non-hydrogen) atoms. The van der Waals surface area contributed by atoms with Crippen molar-refractivity contribution in [1.82, 2.24) is 10.2 Å². The SMILES string of the molecule is CCN(CC)CC=NC(=S)NC(=O)c1ccccc1. The van der Waals surface area contributed by atoms with Gasteiger partial charge in [-0.15, -0.1) is 0 Å². The van der Waals surface area contributed by atoms with Crippen molar-refractivity contribution in [2.45, 2.75) is 13.8 Å². The van der Waals surface area contributed by atoms with Crippen molar-refractivity contribution in [3.63, 3.8) is 0 Å². The Morgan fingerprint density at radius 2 is 1.95 bits per heavy atom. The van der Waals surface area contributed by atoms with Gasteiger partial charge in [-0.2, -0.15) is 0 Å². The second-order valence-corrected chi connectivity index (χ2v) is 4.31. The van der Waals surface area contributed by atoms with E-state index in [0.29, 0.717) is 5.56 Å². The lowest BCUT2D eigenvalue weighted by Crippen LogP contribution is -2.29. The molecular formula is C14H19N3OS. The topological polar surface area (TPSA) is 44.7 Å². The summed E-state index contributed by atoms with van der Waals surface area (Å²) in [7, 11) is 0. The zero-order chi connectivity index (χ0) is 14.1. The fraction of sp³-hybridized carbons (Fsp3) is 0.357. The summed E-state index contributed by atoms with van der Waals surface area (Å²) in [6, 6.07) is 8.94. The molecule has 4 nitrogen and oxygen atoms in total. The van der Waals surface area contributed by atoms with Crippen molar-refractivity contribution >= 4 is 29.5 Å². The standard InChI is InChI=1S/C14H19N3OS/c1-3-17(4-2)11-10-15-14(19)16-13(18)12-8-6-5-7-9-12/h5-10H,3-4,11H2,1-2H3,(H,16,18,19). The average molecular weight is 277 g/mol. The number of thiocarbonyl (C=S) groups is 1. The number of amides is 1. The van der Waals surface area contributed by atoms with Crippen LogP contribution in [0.4, 0.5) is 0 Å². The van der Waals surface area contributed by atoms with Crippen LogP contribution in [0.3, 0.4) is 0 Å². The van der Waals surface area contributed by atoms with Crippen LogP contribution >= 0.6 is 12.2 Å². The van der Waals surface area contributed by atoms with E-state index in [1.54, 1.807) is 18.3 Å². The molecule has 1 aromatic carbocycles. The first-order chi connectivity index (χ1) is 9.17. The fourth-order valence-corrected chi connectivity index (χ4v) is 1.68. The first-order valence-electron chi connectivity index (χ1n) is 6.32. The number of nitrogens with one attached hydrogen (secondary N) is 1. The van der Waals surface area contributed by atoms with E-state index in [0.717, 1.165) is 19.6 Å². The van der Waals surface area contributed by atoms with E-state index in [1.165, 1.54) is 0 Å². The Hall–Kier alpha value is -1.59. The third-order valence-electron chi connectivity index (χ3n) is 2.70. The third kappa shape index (κ3) is 5.72. The van der Waals surface area contributed by atoms with Crippen LogP contribution in [0.2, 0.25) is 0 Å². The predicted molar refractivity (Wildman–Crippen MR) is 82.8 cm³/mol. The van der Waals surface area contributed by atoms with E-state index >= 15 is 0 Å². The molecule has 0 aliphatic rings. The van der Waals surface area contributed by atoms with Crippen molar-refractivity contribution in [3.8, 4) is 0 Å². The molecule has 0 fully saturated rings. The Kier molecular flexibility index (Phi) is 6.92. The molecule has 0 aromatic heterocycles. The van der Waals surface area contributed by atoms with Crippen LogP contribution in [-0.4, -0.2) is 41.8 Å². The van der Waals surface area contributed by atoms with Gasteiger partial charge in [-0.25, -0.2) is 4.99 Å². The van der Waals surface area contributed by atoms with Gasteiger partial charge in [-0.1, -0.05) is 32.0 Å². The maximum atomic E-state index is 11.8. The number of hydrogen-bond acceptors (Lipinski definition) is 3. The van der Waals surface area contributed by atoms with Crippen LogP contribution in [0.1, 0.15) is 24.2 Å². The highest BCUT2D eigenvalue weighted by molar-refractivity contribution is 7.80. The summed E-state index contributed by atoms with van der Waals surface area (Å²) < 4.78 is 0. The summed E-state index contributed by atoms with van der Waals surface area (Å²) in [4.78, 5) is 18.0. The molecular weight excluding hydrogens is 258 g/mol. The zero-order valence-corrected chi connectivity index (χ0v) is 12.1. The molecule has 0 spiro atoms. The Morgan fingerprint density at radius 3 is 2.53 bits per heavy atom. The lowest BCUT2D eigenvalue weighted by Gasteiger charge is -2.14. The van der Waals surface area contributed by atoms with Crippen molar-refractivity contribution in [1.29, 1.82) is 0 Å². The van der Waals surface area contributed by atoms with Crippen LogP contribution in [0.25, 0.3) is 0 Å². The lowest BCUT2D eigenvalue weighted by atomic mass is 10.2. The molecule has 0 heterocycles. The van der Waals surface area contributed by atoms with Gasteiger partial charge in [0, 0.05) is 18.3 Å². The molecule has 0 atom stereocenters. The minimum Gasteiger partial charge on any atom is -0.299 e. The van der Waals surface area contributed by atoms with Gasteiger partial charge >= 0.3 is 0 Å². The minimum atomic E-state index is -0.231. The minimum absolute atomic E-state index is 0.195. The largest absolute Gasteiger partial charge is 0.299 e. The average Bonchev–Trinajstić information content (AvgIpc) is 2.44. The summed E-state index contributed by atoms with van der Waals surface area (Å²) in [5.74, 6) is -0.231. The first kappa shape index (κ1) is 15.5. The maximum absolute atomic E-state index is 11.8. The highest BCUT2D eigenvalue weighted by Crippen LogP contribution is 1.97. The van der Waals surface area contributed by atoms with E-state index < -0.39 is 0 Å². The third-order valence-corrected chi connectivity index (χ3v) is 2.91. The molecule has 1 N–H and O–H groups in total. The number of aliphatic imine (C=N–C) groups is 1. The second kappa shape index (κ2) is 8.50. The van der Waals surface area contributed by atoms with Crippen LogP contribution in [0, 0.1) is 0 Å². The Bertz CT molecular complexity index is 441. The fourth-order valence-electron chi connectivity index (χ4n) is 1.51. The van der Waals surface area contributed by atoms with Crippen molar-refractivity contribution in [2.75, 3.05) is 19.6 Å². The van der Waals surface area contributed by atoms with Gasteiger partial charge < -0.3 is 0 Å². The molecule has 0 unspecified atom stereocenters. The molecule has 1 rings (SSSR count). The van der Waals surface area contributed by atoms with Gasteiger partial charge in [0.25, 0.3) is 5.91 Å². The molecule has 0 saturated heterocycles. The smallest absolute Gasteiger partial charge is 0.257 e. The highest BCUT2D eigenvalue weighted by atomic mass is 32.1. The summed E-state index contributed by atoms with van der Waals surface area (Å²) >= 11 is 5.01. The maximum Gasteiger partial charge on any atom is 0.257 e. The number of hydrogen-bond donors (Lipinski definition) is 1. The summed E-state index contributed by atoms with van der Waals surface area (Å²) in [6.07, 6.45) is 1.72. The van der Waals surface area contributed by atoms with Crippen molar-refractivity contribution in [3.05, 3.63) is 35.9 Å². The molecule has 1 amide bonds. The molecule has 1 aromatic rings. The number of nitrogens with zero attached hydrogens (tertiary/aromatic N) is 2. The van der Waals surface area contributed by atoms with E-state index in [4.69, 9.17) is 12.2 Å². The zero-order valence-electron chi connectivity index (χ0n) is 11.3. The van der Waals surface area contributed by atoms with Gasteiger partial charge in [-0.05, 0) is 37.4 Å². The molecule has 0 aliphatic heterocycles. The number of carbonyl (C=O) groups is 1. The Morgan fingerprint density at radius 1 is 1.32 bits per heavy atom. The van der Waals surface area contributed by atoms with Crippen LogP contribution in [0.15, 0.2) is 35.3 Å². The van der Waals surface area contributed by atoms with Crippen molar-refractivity contribution < 1.29 is 4.79 Å². The molecule has 102 valence electrons. The molecule has 0 saturated carbocycles. The first-order valence-corrected chi connectivity index (χ1v) is 6.73. The summed E-state index contributed by atoms with van der Waals surface area (Å²) in [6.45, 7) is 6.84. The van der Waals surface area contributed by atoms with Gasteiger partial charge in [0.15, 0.2) is 5.11 Å². The molecule has 5 heteroatoms. The van der Waals surface area contributed by atoms with Gasteiger partial charge in [0.05, 0.1) is 0 Å². The number of rotatable bonds is 5. The van der Waals surface area contributed by atoms with E-state index in [9.17, 15) is 4.79 Å². The van der Waals surface area contributed by atoms with E-state index in [2.05, 4.69) is 29.1 Å². The number of carbonyl (C=O) groups excluding carboxylic acids is 1. The van der Waals surface area contributed by atoms with Crippen LogP contribution in [0.5, 0.6) is 0 Å². The Labute approximate surface area is 119 Å². The summed E-state index contributed by atoms with van der Waals surface area (Å²) in [5, 5.41) is 2.78. The van der Waals surface area contributed by atoms with E-state index in [1.807, 2.05) is 18.2 Å². The lowest BCUT2D eigenvalue weighted by molar-refractivity contribution is 0.0977. The highest BCUT2D eigenvalue weighted by Gasteiger charge is 2.05. The molecule has 0 bridgehead atoms. The number of benzene rings is 1. The van der Waals surface area contributed by atoms with Gasteiger partial charge in [-0.3, -0.25) is 15.0 Å². The van der Waals surface area contributed by atoms with Crippen LogP contribution in [-0.2, 0) is 0 Å². The van der Waals surface area contributed by atoms with Crippen molar-refractivity contribution in [2.24, 2.45) is 4.99 Å². The van der Waals surface area contributed by atoms with Gasteiger partial charge in [0.1, 0.15) is 0 Å². The van der Waals surface area contributed by atoms with Gasteiger partial charge in [0.2, 0.25) is 0 Å². The Balaban J connectivity index is 2.43. The second-order valence-electron chi connectivity index (χ2n) is 3.92. The normalized spacial score (nSPS) is 10.9. The van der Waals surface area contributed by atoms with Crippen LogP contribution < -0.4 is 5.32 Å². The monoisotopic (exact) mass is 277 g/mol. The van der Waals surface area contributed by atoms with E-state index in [-0.39, 0.29) is 11.0 Å².